The third-order valence-corrected chi connectivity index (χ3v) is 6.23. The second-order valence-electron chi connectivity index (χ2n) is 8.45. The molecular formula is C25H29N5O2. The molecule has 0 aliphatic heterocycles. The molecule has 0 radical (unpaired) electrons. The summed E-state index contributed by atoms with van der Waals surface area (Å²) in [7, 11) is 1.72. The van der Waals surface area contributed by atoms with Gasteiger partial charge < -0.3 is 10.6 Å². The average molecular weight is 432 g/mol. The maximum absolute atomic E-state index is 13.3. The van der Waals surface area contributed by atoms with E-state index >= 15 is 0 Å². The molecular weight excluding hydrogens is 402 g/mol. The Morgan fingerprint density at radius 3 is 2.44 bits per heavy atom. The summed E-state index contributed by atoms with van der Waals surface area (Å²) in [4.78, 5) is 30.2. The minimum atomic E-state index is -0.584. The Balaban J connectivity index is 1.50. The first-order chi connectivity index (χ1) is 15.5. The molecule has 32 heavy (non-hydrogen) atoms. The van der Waals surface area contributed by atoms with Crippen molar-refractivity contribution in [3.8, 4) is 11.1 Å². The zero-order chi connectivity index (χ0) is 22.5. The van der Waals surface area contributed by atoms with Crippen LogP contribution in [0.5, 0.6) is 0 Å². The molecule has 1 atom stereocenters. The van der Waals surface area contributed by atoms with Gasteiger partial charge in [-0.2, -0.15) is 5.10 Å². The molecule has 1 aliphatic rings. The molecule has 166 valence electrons. The number of rotatable bonds is 6. The Morgan fingerprint density at radius 2 is 1.78 bits per heavy atom. The minimum Gasteiger partial charge on any atom is -0.339 e. The van der Waals surface area contributed by atoms with E-state index < -0.39 is 6.04 Å². The van der Waals surface area contributed by atoms with Crippen LogP contribution in [-0.2, 0) is 11.8 Å². The molecule has 1 aliphatic carbocycles. The maximum Gasteiger partial charge on any atom is 0.270 e. The SMILES string of the molecule is Cc1cnccc1-c1ccc(NC(=O)[C@@H](NC(=O)c2ccnn2C)C2CCCCC2)cc1. The smallest absolute Gasteiger partial charge is 0.270 e. The second-order valence-corrected chi connectivity index (χ2v) is 8.45. The van der Waals surface area contributed by atoms with Crippen molar-refractivity contribution in [2.24, 2.45) is 13.0 Å². The fraction of sp³-hybridized carbons (Fsp3) is 0.360. The van der Waals surface area contributed by atoms with Crippen LogP contribution in [0.1, 0.15) is 48.2 Å². The Hall–Kier alpha value is -3.48. The van der Waals surface area contributed by atoms with Gasteiger partial charge in [-0.3, -0.25) is 19.3 Å². The summed E-state index contributed by atoms with van der Waals surface area (Å²) < 4.78 is 1.52. The van der Waals surface area contributed by atoms with E-state index in [0.717, 1.165) is 42.4 Å². The first-order valence-corrected chi connectivity index (χ1v) is 11.1. The van der Waals surface area contributed by atoms with Crippen molar-refractivity contribution in [1.29, 1.82) is 0 Å². The van der Waals surface area contributed by atoms with Gasteiger partial charge in [0, 0.05) is 31.3 Å². The number of hydrogen-bond acceptors (Lipinski definition) is 4. The average Bonchev–Trinajstić information content (AvgIpc) is 3.25. The number of carbonyl (C=O) groups excluding carboxylic acids is 2. The summed E-state index contributed by atoms with van der Waals surface area (Å²) in [6.07, 6.45) is 10.4. The van der Waals surface area contributed by atoms with Crippen LogP contribution in [0.25, 0.3) is 11.1 Å². The van der Waals surface area contributed by atoms with Crippen LogP contribution in [0.4, 0.5) is 5.69 Å². The van der Waals surface area contributed by atoms with Gasteiger partial charge in [0.1, 0.15) is 11.7 Å². The molecule has 0 bridgehead atoms. The Labute approximate surface area is 188 Å². The van der Waals surface area contributed by atoms with Crippen molar-refractivity contribution in [2.45, 2.75) is 45.1 Å². The van der Waals surface area contributed by atoms with E-state index in [1.807, 2.05) is 43.5 Å². The van der Waals surface area contributed by atoms with Crippen LogP contribution in [0.2, 0.25) is 0 Å². The summed E-state index contributed by atoms with van der Waals surface area (Å²) >= 11 is 0. The third-order valence-electron chi connectivity index (χ3n) is 6.23. The molecule has 2 aromatic heterocycles. The van der Waals surface area contributed by atoms with Gasteiger partial charge in [-0.15, -0.1) is 0 Å². The highest BCUT2D eigenvalue weighted by Gasteiger charge is 2.31. The Bertz CT molecular complexity index is 1080. The fourth-order valence-corrected chi connectivity index (χ4v) is 4.43. The summed E-state index contributed by atoms with van der Waals surface area (Å²) in [5, 5.41) is 10.0. The summed E-state index contributed by atoms with van der Waals surface area (Å²) in [6, 6.07) is 10.8. The standard InChI is InChI=1S/C25H29N5O2/c1-17-16-26-14-12-21(17)18-8-10-20(11-9-18)28-25(32)23(19-6-4-3-5-7-19)29-24(31)22-13-15-27-30(22)2/h8-16,19,23H,3-7H2,1-2H3,(H,28,32)(H,29,31)/t23-/m0/s1. The maximum atomic E-state index is 13.3. The third kappa shape index (κ3) is 4.88. The normalized spacial score (nSPS) is 15.2. The van der Waals surface area contributed by atoms with Gasteiger partial charge in [0.2, 0.25) is 5.91 Å². The monoisotopic (exact) mass is 431 g/mol. The molecule has 7 nitrogen and oxygen atoms in total. The van der Waals surface area contributed by atoms with Crippen LogP contribution < -0.4 is 10.6 Å². The van der Waals surface area contributed by atoms with Crippen LogP contribution in [0, 0.1) is 12.8 Å². The van der Waals surface area contributed by atoms with Crippen LogP contribution in [0.15, 0.2) is 55.0 Å². The number of hydrogen-bond donors (Lipinski definition) is 2. The lowest BCUT2D eigenvalue weighted by Crippen LogP contribution is -2.49. The minimum absolute atomic E-state index is 0.125. The predicted octanol–water partition coefficient (Wildman–Crippen LogP) is 4.11. The lowest BCUT2D eigenvalue weighted by molar-refractivity contribution is -0.119. The molecule has 1 fully saturated rings. The van der Waals surface area contributed by atoms with Crippen molar-refractivity contribution in [1.82, 2.24) is 20.1 Å². The predicted molar refractivity (Wildman–Crippen MR) is 124 cm³/mol. The molecule has 0 spiro atoms. The lowest BCUT2D eigenvalue weighted by atomic mass is 9.83. The van der Waals surface area contributed by atoms with E-state index in [-0.39, 0.29) is 17.7 Å². The van der Waals surface area contributed by atoms with E-state index in [4.69, 9.17) is 0 Å². The largest absolute Gasteiger partial charge is 0.339 e. The fourth-order valence-electron chi connectivity index (χ4n) is 4.43. The van der Waals surface area contributed by atoms with Gasteiger partial charge in [-0.1, -0.05) is 31.4 Å². The number of nitrogens with zero attached hydrogens (tertiary/aromatic N) is 3. The van der Waals surface area contributed by atoms with Crippen LogP contribution in [0.3, 0.4) is 0 Å². The Kier molecular flexibility index (Phi) is 6.63. The van der Waals surface area contributed by atoms with Crippen molar-refractivity contribution in [2.75, 3.05) is 5.32 Å². The van der Waals surface area contributed by atoms with Crippen molar-refractivity contribution < 1.29 is 9.59 Å². The van der Waals surface area contributed by atoms with E-state index in [1.165, 1.54) is 11.1 Å². The van der Waals surface area contributed by atoms with Gasteiger partial charge in [0.15, 0.2) is 0 Å². The van der Waals surface area contributed by atoms with Gasteiger partial charge in [-0.05, 0) is 66.6 Å². The van der Waals surface area contributed by atoms with Gasteiger partial charge in [0.05, 0.1) is 0 Å². The van der Waals surface area contributed by atoms with E-state index in [0.29, 0.717) is 11.4 Å². The summed E-state index contributed by atoms with van der Waals surface area (Å²) in [5.74, 6) is -0.334. The number of pyridine rings is 1. The lowest BCUT2D eigenvalue weighted by Gasteiger charge is -2.30. The molecule has 0 unspecified atom stereocenters. The molecule has 1 aromatic carbocycles. The number of benzene rings is 1. The number of nitrogens with one attached hydrogen (secondary N) is 2. The van der Waals surface area contributed by atoms with Gasteiger partial charge in [0.25, 0.3) is 5.91 Å². The van der Waals surface area contributed by atoms with Crippen LogP contribution in [-0.4, -0.2) is 32.6 Å². The first-order valence-electron chi connectivity index (χ1n) is 11.1. The summed E-state index contributed by atoms with van der Waals surface area (Å²) in [5.41, 5.74) is 4.42. The van der Waals surface area contributed by atoms with Gasteiger partial charge >= 0.3 is 0 Å². The molecule has 2 amide bonds. The van der Waals surface area contributed by atoms with E-state index in [9.17, 15) is 9.59 Å². The second kappa shape index (κ2) is 9.77. The molecule has 7 heteroatoms. The number of carbonyl (C=O) groups is 2. The molecule has 0 saturated heterocycles. The number of anilines is 1. The van der Waals surface area contributed by atoms with Crippen molar-refractivity contribution in [3.05, 3.63) is 66.2 Å². The molecule has 3 aromatic rings. The molecule has 2 heterocycles. The summed E-state index contributed by atoms with van der Waals surface area (Å²) in [6.45, 7) is 2.03. The Morgan fingerprint density at radius 1 is 1.03 bits per heavy atom. The van der Waals surface area contributed by atoms with Crippen LogP contribution >= 0.6 is 0 Å². The molecule has 1 saturated carbocycles. The van der Waals surface area contributed by atoms with E-state index in [2.05, 4.69) is 20.7 Å². The van der Waals surface area contributed by atoms with E-state index in [1.54, 1.807) is 25.5 Å². The van der Waals surface area contributed by atoms with Gasteiger partial charge in [-0.25, -0.2) is 0 Å². The highest BCUT2D eigenvalue weighted by atomic mass is 16.2. The first kappa shape index (κ1) is 21.7. The van der Waals surface area contributed by atoms with Crippen molar-refractivity contribution in [3.63, 3.8) is 0 Å². The molecule has 4 rings (SSSR count). The number of amides is 2. The number of aromatic nitrogens is 3. The quantitative estimate of drug-likeness (QED) is 0.615. The zero-order valence-corrected chi connectivity index (χ0v) is 18.5. The molecule has 2 N–H and O–H groups in total. The number of aryl methyl sites for hydroxylation is 2. The van der Waals surface area contributed by atoms with Crippen molar-refractivity contribution >= 4 is 17.5 Å². The zero-order valence-electron chi connectivity index (χ0n) is 18.5. The highest BCUT2D eigenvalue weighted by Crippen LogP contribution is 2.28. The topological polar surface area (TPSA) is 88.9 Å². The highest BCUT2D eigenvalue weighted by molar-refractivity contribution is 6.00.